The van der Waals surface area contributed by atoms with Crippen LogP contribution in [0.4, 0.5) is 5.69 Å². The van der Waals surface area contributed by atoms with Crippen LogP contribution in [-0.2, 0) is 6.42 Å². The number of para-hydroxylation sites is 1. The molecule has 1 aliphatic carbocycles. The molecule has 0 radical (unpaired) electrons. The highest BCUT2D eigenvalue weighted by molar-refractivity contribution is 5.40. The molecular formula is C15H22N2O2. The molecule has 2 N–H and O–H groups in total. The fourth-order valence-corrected chi connectivity index (χ4v) is 3.02. The summed E-state index contributed by atoms with van der Waals surface area (Å²) in [4.78, 5) is 10.7. The number of nitrogens with two attached hydrogens (primary N) is 1. The number of nitro groups is 1. The number of hydrogen-bond donors (Lipinski definition) is 1. The molecule has 0 aromatic heterocycles. The molecule has 0 amide bonds. The predicted octanol–water partition coefficient (Wildman–Crippen LogP) is 3.44. The molecule has 1 aromatic rings. The summed E-state index contributed by atoms with van der Waals surface area (Å²) in [6.07, 6.45) is 8.04. The van der Waals surface area contributed by atoms with Gasteiger partial charge in [0.25, 0.3) is 5.69 Å². The van der Waals surface area contributed by atoms with Gasteiger partial charge in [0.15, 0.2) is 0 Å². The van der Waals surface area contributed by atoms with Crippen LogP contribution in [0.3, 0.4) is 0 Å². The maximum Gasteiger partial charge on any atom is 0.272 e. The molecule has 19 heavy (non-hydrogen) atoms. The Hall–Kier alpha value is -1.42. The Morgan fingerprint density at radius 1 is 1.21 bits per heavy atom. The van der Waals surface area contributed by atoms with E-state index in [-0.39, 0.29) is 16.7 Å². The summed E-state index contributed by atoms with van der Waals surface area (Å²) in [6, 6.07) is 6.99. The molecule has 0 heterocycles. The first-order valence-electron chi connectivity index (χ1n) is 7.16. The Kier molecular flexibility index (Phi) is 4.91. The Morgan fingerprint density at radius 2 is 1.84 bits per heavy atom. The number of nitrogens with zero attached hydrogens (tertiary/aromatic N) is 1. The van der Waals surface area contributed by atoms with E-state index in [4.69, 9.17) is 5.73 Å². The smallest absolute Gasteiger partial charge is 0.272 e. The third-order valence-corrected chi connectivity index (χ3v) is 4.15. The first-order chi connectivity index (χ1) is 9.18. The van der Waals surface area contributed by atoms with Gasteiger partial charge in [-0.25, -0.2) is 0 Å². The van der Waals surface area contributed by atoms with Gasteiger partial charge in [-0.1, -0.05) is 43.9 Å². The molecule has 0 spiro atoms. The fourth-order valence-electron chi connectivity index (χ4n) is 3.02. The van der Waals surface area contributed by atoms with Crippen LogP contribution < -0.4 is 5.73 Å². The Balaban J connectivity index is 2.05. The molecule has 0 aliphatic heterocycles. The van der Waals surface area contributed by atoms with E-state index in [1.54, 1.807) is 12.1 Å². The van der Waals surface area contributed by atoms with Crippen LogP contribution in [0.15, 0.2) is 24.3 Å². The van der Waals surface area contributed by atoms with E-state index in [2.05, 4.69) is 0 Å². The number of hydrogen-bond acceptors (Lipinski definition) is 3. The summed E-state index contributed by atoms with van der Waals surface area (Å²) in [5, 5.41) is 11.0. The summed E-state index contributed by atoms with van der Waals surface area (Å²) < 4.78 is 0. The van der Waals surface area contributed by atoms with Crippen LogP contribution in [0.2, 0.25) is 0 Å². The summed E-state index contributed by atoms with van der Waals surface area (Å²) in [7, 11) is 0. The number of rotatable bonds is 4. The molecule has 1 fully saturated rings. The van der Waals surface area contributed by atoms with E-state index in [0.29, 0.717) is 12.3 Å². The minimum Gasteiger partial charge on any atom is -0.327 e. The van der Waals surface area contributed by atoms with Crippen molar-refractivity contribution in [3.8, 4) is 0 Å². The highest BCUT2D eigenvalue weighted by atomic mass is 16.6. The SMILES string of the molecule is NC(Cc1ccccc1[N+](=O)[O-])C1CCCCCC1. The zero-order chi connectivity index (χ0) is 13.7. The van der Waals surface area contributed by atoms with Crippen molar-refractivity contribution in [3.63, 3.8) is 0 Å². The van der Waals surface area contributed by atoms with Gasteiger partial charge in [0.05, 0.1) is 4.92 Å². The standard InChI is InChI=1S/C15H22N2O2/c16-14(12-7-3-1-2-4-8-12)11-13-9-5-6-10-15(13)17(18)19/h5-6,9-10,12,14H,1-4,7-8,11,16H2. The second kappa shape index (κ2) is 6.66. The van der Waals surface area contributed by atoms with Gasteiger partial charge >= 0.3 is 0 Å². The van der Waals surface area contributed by atoms with Crippen LogP contribution in [0.25, 0.3) is 0 Å². The van der Waals surface area contributed by atoms with Crippen LogP contribution >= 0.6 is 0 Å². The average Bonchev–Trinajstić information content (AvgIpc) is 2.68. The number of benzene rings is 1. The Labute approximate surface area is 114 Å². The van der Waals surface area contributed by atoms with Crippen molar-refractivity contribution in [3.05, 3.63) is 39.9 Å². The van der Waals surface area contributed by atoms with Crippen LogP contribution in [0, 0.1) is 16.0 Å². The Bertz CT molecular complexity index is 426. The van der Waals surface area contributed by atoms with Crippen LogP contribution in [-0.4, -0.2) is 11.0 Å². The highest BCUT2D eigenvalue weighted by Gasteiger charge is 2.22. The molecule has 0 saturated heterocycles. The molecule has 4 heteroatoms. The van der Waals surface area contributed by atoms with Crippen molar-refractivity contribution in [2.75, 3.05) is 0 Å². The second-order valence-electron chi connectivity index (χ2n) is 5.51. The topological polar surface area (TPSA) is 69.2 Å². The van der Waals surface area contributed by atoms with Crippen molar-refractivity contribution < 1.29 is 4.92 Å². The number of nitro benzene ring substituents is 1. The molecule has 1 aromatic carbocycles. The largest absolute Gasteiger partial charge is 0.327 e. The van der Waals surface area contributed by atoms with E-state index in [9.17, 15) is 10.1 Å². The second-order valence-corrected chi connectivity index (χ2v) is 5.51. The third-order valence-electron chi connectivity index (χ3n) is 4.15. The van der Waals surface area contributed by atoms with Gasteiger partial charge in [-0.15, -0.1) is 0 Å². The van der Waals surface area contributed by atoms with E-state index < -0.39 is 0 Å². The van der Waals surface area contributed by atoms with Crippen LogP contribution in [0.1, 0.15) is 44.1 Å². The van der Waals surface area contributed by atoms with Crippen molar-refractivity contribution in [2.24, 2.45) is 11.7 Å². The minimum atomic E-state index is -0.310. The van der Waals surface area contributed by atoms with E-state index in [1.165, 1.54) is 38.5 Å². The zero-order valence-electron chi connectivity index (χ0n) is 11.3. The summed E-state index contributed by atoms with van der Waals surface area (Å²) in [5.74, 6) is 0.516. The van der Waals surface area contributed by atoms with E-state index in [1.807, 2.05) is 12.1 Å². The zero-order valence-corrected chi connectivity index (χ0v) is 11.3. The van der Waals surface area contributed by atoms with Gasteiger partial charge < -0.3 is 5.73 Å². The van der Waals surface area contributed by atoms with E-state index in [0.717, 1.165) is 5.56 Å². The van der Waals surface area contributed by atoms with Crippen molar-refractivity contribution >= 4 is 5.69 Å². The maximum atomic E-state index is 11.0. The summed E-state index contributed by atoms with van der Waals surface area (Å²) >= 11 is 0. The molecule has 104 valence electrons. The molecule has 4 nitrogen and oxygen atoms in total. The third kappa shape index (κ3) is 3.77. The van der Waals surface area contributed by atoms with Gasteiger partial charge in [0.2, 0.25) is 0 Å². The first-order valence-corrected chi connectivity index (χ1v) is 7.16. The lowest BCUT2D eigenvalue weighted by molar-refractivity contribution is -0.385. The minimum absolute atomic E-state index is 0.0409. The molecule has 0 bridgehead atoms. The molecule has 1 unspecified atom stereocenters. The molecular weight excluding hydrogens is 240 g/mol. The van der Waals surface area contributed by atoms with Gasteiger partial charge in [-0.3, -0.25) is 10.1 Å². The van der Waals surface area contributed by atoms with Gasteiger partial charge in [-0.05, 0) is 25.2 Å². The fraction of sp³-hybridized carbons (Fsp3) is 0.600. The maximum absolute atomic E-state index is 11.0. The van der Waals surface area contributed by atoms with Gasteiger partial charge in [0, 0.05) is 17.7 Å². The Morgan fingerprint density at radius 3 is 2.47 bits per heavy atom. The summed E-state index contributed by atoms with van der Waals surface area (Å²) in [5.41, 5.74) is 7.26. The van der Waals surface area contributed by atoms with Crippen molar-refractivity contribution in [1.82, 2.24) is 0 Å². The van der Waals surface area contributed by atoms with Crippen molar-refractivity contribution in [2.45, 2.75) is 51.0 Å². The lowest BCUT2D eigenvalue weighted by Gasteiger charge is -2.22. The highest BCUT2D eigenvalue weighted by Crippen LogP contribution is 2.28. The molecule has 1 atom stereocenters. The van der Waals surface area contributed by atoms with Gasteiger partial charge in [-0.2, -0.15) is 0 Å². The predicted molar refractivity (Wildman–Crippen MR) is 76.0 cm³/mol. The molecule has 1 aliphatic rings. The van der Waals surface area contributed by atoms with Crippen LogP contribution in [0.5, 0.6) is 0 Å². The van der Waals surface area contributed by atoms with E-state index >= 15 is 0 Å². The summed E-state index contributed by atoms with van der Waals surface area (Å²) in [6.45, 7) is 0. The normalized spacial score (nSPS) is 18.8. The monoisotopic (exact) mass is 262 g/mol. The van der Waals surface area contributed by atoms with Gasteiger partial charge in [0.1, 0.15) is 0 Å². The average molecular weight is 262 g/mol. The lowest BCUT2D eigenvalue weighted by Crippen LogP contribution is -2.32. The molecule has 2 rings (SSSR count). The first kappa shape index (κ1) is 14.0. The lowest BCUT2D eigenvalue weighted by atomic mass is 9.88. The van der Waals surface area contributed by atoms with Crippen molar-refractivity contribution in [1.29, 1.82) is 0 Å². The molecule has 1 saturated carbocycles. The quantitative estimate of drug-likeness (QED) is 0.513.